The highest BCUT2D eigenvalue weighted by atomic mass is 15.0. The Labute approximate surface area is 357 Å². The van der Waals surface area contributed by atoms with Crippen molar-refractivity contribution in [1.29, 1.82) is 0 Å². The van der Waals surface area contributed by atoms with Gasteiger partial charge in [-0.15, -0.1) is 0 Å². The Morgan fingerprint density at radius 3 is 0.823 bits per heavy atom. The Kier molecular flexibility index (Phi) is 6.86. The van der Waals surface area contributed by atoms with Gasteiger partial charge in [0.2, 0.25) is 0 Å². The van der Waals surface area contributed by atoms with Crippen LogP contribution in [0.15, 0.2) is 218 Å². The third-order valence-corrected chi connectivity index (χ3v) is 13.7. The number of aromatic nitrogens is 2. The topological polar surface area (TPSA) is 9.86 Å². The lowest BCUT2D eigenvalue weighted by Crippen LogP contribution is -2.05. The van der Waals surface area contributed by atoms with Crippen molar-refractivity contribution in [1.82, 2.24) is 9.13 Å². The van der Waals surface area contributed by atoms with Gasteiger partial charge in [-0.25, -0.2) is 0 Å². The van der Waals surface area contributed by atoms with Crippen molar-refractivity contribution in [2.45, 2.75) is 0 Å². The Hall–Kier alpha value is -8.20. The fourth-order valence-corrected chi connectivity index (χ4v) is 11.1. The molecule has 0 aliphatic heterocycles. The molecule has 14 rings (SSSR count). The van der Waals surface area contributed by atoms with Crippen molar-refractivity contribution >= 4 is 75.9 Å². The molecule has 0 N–H and O–H groups in total. The van der Waals surface area contributed by atoms with Gasteiger partial charge in [0.1, 0.15) is 0 Å². The normalized spacial score (nSPS) is 12.2. The van der Waals surface area contributed by atoms with Crippen LogP contribution >= 0.6 is 0 Å². The molecule has 13 aromatic rings. The molecule has 62 heavy (non-hydrogen) atoms. The molecule has 2 heteroatoms. The molecular formula is C60H36N2. The molecule has 0 saturated carbocycles. The summed E-state index contributed by atoms with van der Waals surface area (Å²) in [7, 11) is 0. The van der Waals surface area contributed by atoms with Crippen LogP contribution in [0.4, 0.5) is 0 Å². The Balaban J connectivity index is 1.21. The van der Waals surface area contributed by atoms with E-state index in [1.807, 2.05) is 0 Å². The van der Waals surface area contributed by atoms with Crippen LogP contribution in [-0.2, 0) is 0 Å². The Morgan fingerprint density at radius 1 is 0.194 bits per heavy atom. The first kappa shape index (κ1) is 33.6. The maximum Gasteiger partial charge on any atom is 0.0547 e. The van der Waals surface area contributed by atoms with Gasteiger partial charge in [0.05, 0.1) is 33.4 Å². The second-order valence-corrected chi connectivity index (χ2v) is 16.7. The minimum absolute atomic E-state index is 1.17. The first-order valence-corrected chi connectivity index (χ1v) is 21.5. The number of benzene rings is 11. The van der Waals surface area contributed by atoms with E-state index in [0.29, 0.717) is 0 Å². The summed E-state index contributed by atoms with van der Waals surface area (Å²) in [4.78, 5) is 0. The second-order valence-electron chi connectivity index (χ2n) is 16.7. The first-order chi connectivity index (χ1) is 30.8. The largest absolute Gasteiger partial charge is 0.309 e. The van der Waals surface area contributed by atoms with E-state index in [1.165, 1.54) is 132 Å². The predicted molar refractivity (Wildman–Crippen MR) is 263 cm³/mol. The molecule has 2 heterocycles. The van der Waals surface area contributed by atoms with Gasteiger partial charge in [0, 0.05) is 32.7 Å². The molecule has 0 spiro atoms. The molecular weight excluding hydrogens is 749 g/mol. The standard InChI is InChI=1S/C60H36N2/c1-3-19-39-37(17-1)38-18-2-4-20-40(38)50-36-52-48-28-16-34-58(62-55-31-13-9-23-43(55)44-24-10-14-32-56(44)62)60(48)46-26-6-5-25-45(46)59-47(51(52)35-49(39)50)27-15-33-57(59)61-53-29-11-7-21-41(53)42-22-8-12-30-54(42)61/h1-36H. The quantitative estimate of drug-likeness (QED) is 0.155. The lowest BCUT2D eigenvalue weighted by molar-refractivity contribution is 1.18. The van der Waals surface area contributed by atoms with Crippen molar-refractivity contribution in [2.24, 2.45) is 0 Å². The van der Waals surface area contributed by atoms with Crippen LogP contribution in [0.1, 0.15) is 0 Å². The summed E-state index contributed by atoms with van der Waals surface area (Å²) < 4.78 is 5.01. The SMILES string of the molecule is c1ccc2c(c1)-c1c(cccc1-n1c3ccccc3c3ccccc31)-c1cc3c4ccccc4c4ccccc4c3cc1-c1cccc(-n3c4ccccc4c4ccccc43)c1-2. The predicted octanol–water partition coefficient (Wildman–Crippen LogP) is 16.3. The summed E-state index contributed by atoms with van der Waals surface area (Å²) in [5, 5.41) is 12.6. The summed E-state index contributed by atoms with van der Waals surface area (Å²) in [6.07, 6.45) is 0. The van der Waals surface area contributed by atoms with Gasteiger partial charge in [-0.2, -0.15) is 0 Å². The maximum absolute atomic E-state index is 2.51. The van der Waals surface area contributed by atoms with E-state index in [0.717, 1.165) is 0 Å². The van der Waals surface area contributed by atoms with E-state index in [4.69, 9.17) is 0 Å². The minimum atomic E-state index is 1.17. The van der Waals surface area contributed by atoms with Gasteiger partial charge in [-0.3, -0.25) is 0 Å². The molecule has 1 aliphatic carbocycles. The van der Waals surface area contributed by atoms with E-state index in [9.17, 15) is 0 Å². The van der Waals surface area contributed by atoms with Crippen molar-refractivity contribution in [3.05, 3.63) is 218 Å². The molecule has 0 atom stereocenters. The van der Waals surface area contributed by atoms with Gasteiger partial charge < -0.3 is 9.13 Å². The highest BCUT2D eigenvalue weighted by Gasteiger charge is 2.29. The summed E-state index contributed by atoms with van der Waals surface area (Å²) in [6.45, 7) is 0. The maximum atomic E-state index is 2.51. The van der Waals surface area contributed by atoms with Crippen LogP contribution in [-0.4, -0.2) is 9.13 Å². The Morgan fingerprint density at radius 2 is 0.468 bits per heavy atom. The summed E-state index contributed by atoms with van der Waals surface area (Å²) in [5.74, 6) is 0. The van der Waals surface area contributed by atoms with Crippen molar-refractivity contribution in [3.8, 4) is 55.9 Å². The lowest BCUT2D eigenvalue weighted by atomic mass is 9.78. The average Bonchev–Trinajstić information content (AvgIpc) is 3.86. The van der Waals surface area contributed by atoms with E-state index >= 15 is 0 Å². The van der Waals surface area contributed by atoms with Crippen LogP contribution in [0.3, 0.4) is 0 Å². The molecule has 2 nitrogen and oxygen atoms in total. The Bertz CT molecular complexity index is 3680. The molecule has 11 aromatic carbocycles. The van der Waals surface area contributed by atoms with Gasteiger partial charge in [-0.05, 0) is 114 Å². The van der Waals surface area contributed by atoms with Gasteiger partial charge in [0.25, 0.3) is 0 Å². The molecule has 0 fully saturated rings. The van der Waals surface area contributed by atoms with Gasteiger partial charge in [-0.1, -0.05) is 170 Å². The van der Waals surface area contributed by atoms with Gasteiger partial charge in [0.15, 0.2) is 0 Å². The van der Waals surface area contributed by atoms with Crippen molar-refractivity contribution < 1.29 is 0 Å². The second kappa shape index (κ2) is 12.7. The smallest absolute Gasteiger partial charge is 0.0547 e. The third kappa shape index (κ3) is 4.48. The van der Waals surface area contributed by atoms with Crippen LogP contribution in [0.5, 0.6) is 0 Å². The molecule has 1 aliphatic rings. The van der Waals surface area contributed by atoms with E-state index in [-0.39, 0.29) is 0 Å². The number of rotatable bonds is 2. The molecule has 0 amide bonds. The highest BCUT2D eigenvalue weighted by Crippen LogP contribution is 2.54. The first-order valence-electron chi connectivity index (χ1n) is 21.5. The van der Waals surface area contributed by atoms with Crippen molar-refractivity contribution in [3.63, 3.8) is 0 Å². The molecule has 0 saturated heterocycles. The number of para-hydroxylation sites is 4. The summed E-state index contributed by atoms with van der Waals surface area (Å²) in [5.41, 5.74) is 16.9. The van der Waals surface area contributed by atoms with Crippen molar-refractivity contribution in [2.75, 3.05) is 0 Å². The van der Waals surface area contributed by atoms with Crippen LogP contribution in [0, 0.1) is 0 Å². The highest BCUT2D eigenvalue weighted by molar-refractivity contribution is 6.27. The molecule has 286 valence electrons. The molecule has 2 aromatic heterocycles. The van der Waals surface area contributed by atoms with Crippen LogP contribution in [0.25, 0.3) is 132 Å². The molecule has 0 radical (unpaired) electrons. The monoisotopic (exact) mass is 784 g/mol. The number of nitrogens with zero attached hydrogens (tertiary/aromatic N) is 2. The van der Waals surface area contributed by atoms with E-state index in [2.05, 4.69) is 228 Å². The zero-order valence-electron chi connectivity index (χ0n) is 33.7. The fourth-order valence-electron chi connectivity index (χ4n) is 11.1. The zero-order valence-corrected chi connectivity index (χ0v) is 33.7. The summed E-state index contributed by atoms with van der Waals surface area (Å²) >= 11 is 0. The lowest BCUT2D eigenvalue weighted by Gasteiger charge is -2.28. The van der Waals surface area contributed by atoms with Crippen LogP contribution in [0.2, 0.25) is 0 Å². The molecule has 0 bridgehead atoms. The fraction of sp³-hybridized carbons (Fsp3) is 0. The van der Waals surface area contributed by atoms with E-state index in [1.54, 1.807) is 0 Å². The minimum Gasteiger partial charge on any atom is -0.309 e. The van der Waals surface area contributed by atoms with E-state index < -0.39 is 0 Å². The number of hydrogen-bond acceptors (Lipinski definition) is 0. The third-order valence-electron chi connectivity index (χ3n) is 13.7. The number of hydrogen-bond donors (Lipinski definition) is 0. The molecule has 0 unspecified atom stereocenters. The zero-order chi connectivity index (χ0) is 40.5. The number of fused-ring (bicyclic) bond motifs is 20. The van der Waals surface area contributed by atoms with Gasteiger partial charge >= 0.3 is 0 Å². The summed E-state index contributed by atoms with van der Waals surface area (Å²) in [6, 6.07) is 81.5. The average molecular weight is 785 g/mol. The van der Waals surface area contributed by atoms with Crippen LogP contribution < -0.4 is 0 Å².